The maximum Gasteiger partial charge on any atom is 0.323 e. The Hall–Kier alpha value is -3.46. The molecule has 0 unspecified atom stereocenters. The molecule has 8 nitrogen and oxygen atoms in total. The lowest BCUT2D eigenvalue weighted by Crippen LogP contribution is -2.32. The fraction of sp³-hybridized carbons (Fsp3) is 0.105. The molecule has 2 aromatic rings. The van der Waals surface area contributed by atoms with Gasteiger partial charge < -0.3 is 5.11 Å². The number of anilines is 1. The number of carboxylic acids is 1. The summed E-state index contributed by atoms with van der Waals surface area (Å²) in [5, 5.41) is 9.57. The van der Waals surface area contributed by atoms with E-state index in [1.807, 2.05) is 0 Å². The zero-order chi connectivity index (χ0) is 19.8. The number of hydrogen-bond acceptors (Lipinski definition) is 6. The zero-order valence-corrected chi connectivity index (χ0v) is 15.5. The molecular formula is C19H14N4O4S. The highest BCUT2D eigenvalue weighted by atomic mass is 32.2. The minimum atomic E-state index is -1.13. The molecule has 1 aromatic carbocycles. The first-order valence-electron chi connectivity index (χ1n) is 8.29. The second-order valence-electron chi connectivity index (χ2n) is 6.08. The Bertz CT molecular complexity index is 1060. The van der Waals surface area contributed by atoms with E-state index in [9.17, 15) is 14.4 Å². The molecule has 1 N–H and O–H groups in total. The van der Waals surface area contributed by atoms with E-state index in [0.717, 1.165) is 11.8 Å². The molecule has 0 spiro atoms. The molecule has 2 amide bonds. The number of para-hydroxylation sites is 1. The number of rotatable bonds is 3. The van der Waals surface area contributed by atoms with E-state index in [1.54, 1.807) is 55.8 Å². The Kier molecular flexibility index (Phi) is 4.44. The number of thioether (sulfide) groups is 1. The van der Waals surface area contributed by atoms with Crippen LogP contribution in [0.15, 0.2) is 58.7 Å². The number of hydrogen-bond donors (Lipinski definition) is 1. The molecule has 0 saturated carbocycles. The molecule has 28 heavy (non-hydrogen) atoms. The molecule has 0 bridgehead atoms. The quantitative estimate of drug-likeness (QED) is 0.800. The average Bonchev–Trinajstić information content (AvgIpc) is 3.11. The summed E-state index contributed by atoms with van der Waals surface area (Å²) in [7, 11) is 1.58. The van der Waals surface area contributed by atoms with Gasteiger partial charge in [0.15, 0.2) is 5.17 Å². The summed E-state index contributed by atoms with van der Waals surface area (Å²) in [5.74, 6) is -1.99. The number of nitrogens with zero attached hydrogens (tertiary/aromatic N) is 4. The van der Waals surface area contributed by atoms with Crippen LogP contribution in [0.3, 0.4) is 0 Å². The van der Waals surface area contributed by atoms with Crippen molar-refractivity contribution in [3.8, 4) is 0 Å². The number of carbonyl (C=O) groups excluding carboxylic acids is 2. The summed E-state index contributed by atoms with van der Waals surface area (Å²) in [6.07, 6.45) is 3.19. The van der Waals surface area contributed by atoms with Crippen LogP contribution in [-0.2, 0) is 14.4 Å². The predicted octanol–water partition coefficient (Wildman–Crippen LogP) is 2.12. The standard InChI is InChI=1S/C19H14N4O4S/c1-22-18(27)16(28-19(22)21-11-5-4-8-20-9-11)15-12-6-2-3-7-13(12)23(17(15)26)10-14(24)25/h2-9H,10H2,1H3,(H,24,25)/b16-15-,21-19?. The first-order chi connectivity index (χ1) is 13.5. The molecule has 0 aliphatic carbocycles. The van der Waals surface area contributed by atoms with Crippen molar-refractivity contribution in [1.29, 1.82) is 0 Å². The predicted molar refractivity (Wildman–Crippen MR) is 105 cm³/mol. The van der Waals surface area contributed by atoms with E-state index < -0.39 is 18.4 Å². The lowest BCUT2D eigenvalue weighted by molar-refractivity contribution is -0.136. The molecule has 4 rings (SSSR count). The normalized spacial score (nSPS) is 20.2. The van der Waals surface area contributed by atoms with Crippen molar-refractivity contribution < 1.29 is 19.5 Å². The largest absolute Gasteiger partial charge is 0.480 e. The van der Waals surface area contributed by atoms with Gasteiger partial charge in [0, 0.05) is 18.8 Å². The number of fused-ring (bicyclic) bond motifs is 1. The number of aliphatic carboxylic acids is 1. The van der Waals surface area contributed by atoms with Crippen LogP contribution in [0.25, 0.3) is 5.57 Å². The first-order valence-corrected chi connectivity index (χ1v) is 9.11. The monoisotopic (exact) mass is 394 g/mol. The van der Waals surface area contributed by atoms with Crippen LogP contribution in [0, 0.1) is 0 Å². The van der Waals surface area contributed by atoms with Gasteiger partial charge in [-0.1, -0.05) is 18.2 Å². The summed E-state index contributed by atoms with van der Waals surface area (Å²) in [4.78, 5) is 48.2. The van der Waals surface area contributed by atoms with Crippen molar-refractivity contribution in [1.82, 2.24) is 9.88 Å². The van der Waals surface area contributed by atoms with Gasteiger partial charge in [-0.2, -0.15) is 0 Å². The van der Waals surface area contributed by atoms with Crippen molar-refractivity contribution in [3.05, 3.63) is 59.3 Å². The van der Waals surface area contributed by atoms with Crippen LogP contribution in [0.1, 0.15) is 5.56 Å². The molecule has 9 heteroatoms. The highest BCUT2D eigenvalue weighted by molar-refractivity contribution is 8.18. The Labute approximate surface area is 164 Å². The number of aromatic nitrogens is 1. The number of amidine groups is 1. The molecule has 3 heterocycles. The second kappa shape index (κ2) is 6.93. The topological polar surface area (TPSA) is 103 Å². The Morgan fingerprint density at radius 3 is 2.68 bits per heavy atom. The van der Waals surface area contributed by atoms with Gasteiger partial charge in [-0.15, -0.1) is 0 Å². The number of pyridine rings is 1. The molecule has 140 valence electrons. The number of carbonyl (C=O) groups is 3. The van der Waals surface area contributed by atoms with E-state index in [1.165, 1.54) is 9.80 Å². The zero-order valence-electron chi connectivity index (χ0n) is 14.7. The maximum atomic E-state index is 13.0. The number of likely N-dealkylation sites (N-methyl/N-ethyl adjacent to an activating group) is 1. The molecule has 0 atom stereocenters. The van der Waals surface area contributed by atoms with E-state index in [-0.39, 0.29) is 16.4 Å². The van der Waals surface area contributed by atoms with Gasteiger partial charge in [-0.3, -0.25) is 29.2 Å². The van der Waals surface area contributed by atoms with Gasteiger partial charge in [-0.05, 0) is 30.0 Å². The number of carboxylic acid groups (broad SMARTS) is 1. The molecular weight excluding hydrogens is 380 g/mol. The summed E-state index contributed by atoms with van der Waals surface area (Å²) in [6.45, 7) is -0.474. The second-order valence-corrected chi connectivity index (χ2v) is 7.06. The third-order valence-electron chi connectivity index (χ3n) is 4.29. The average molecular weight is 394 g/mol. The molecule has 0 radical (unpaired) electrons. The van der Waals surface area contributed by atoms with E-state index in [0.29, 0.717) is 22.1 Å². The summed E-state index contributed by atoms with van der Waals surface area (Å²) >= 11 is 1.09. The first kappa shape index (κ1) is 17.9. The van der Waals surface area contributed by atoms with Gasteiger partial charge in [0.2, 0.25) is 0 Å². The van der Waals surface area contributed by atoms with Gasteiger partial charge >= 0.3 is 5.97 Å². The Balaban J connectivity index is 1.80. The number of aliphatic imine (C=N–C) groups is 1. The van der Waals surface area contributed by atoms with E-state index >= 15 is 0 Å². The van der Waals surface area contributed by atoms with Crippen molar-refractivity contribution in [3.63, 3.8) is 0 Å². The van der Waals surface area contributed by atoms with Gasteiger partial charge in [-0.25, -0.2) is 4.99 Å². The van der Waals surface area contributed by atoms with Gasteiger partial charge in [0.05, 0.1) is 28.0 Å². The fourth-order valence-corrected chi connectivity index (χ4v) is 4.10. The highest BCUT2D eigenvalue weighted by Crippen LogP contribution is 2.44. The smallest absolute Gasteiger partial charge is 0.323 e. The minimum Gasteiger partial charge on any atom is -0.480 e. The van der Waals surface area contributed by atoms with E-state index in [2.05, 4.69) is 9.98 Å². The van der Waals surface area contributed by atoms with Crippen LogP contribution in [0.5, 0.6) is 0 Å². The van der Waals surface area contributed by atoms with Crippen LogP contribution in [-0.4, -0.2) is 51.5 Å². The fourth-order valence-electron chi connectivity index (χ4n) is 3.02. The minimum absolute atomic E-state index is 0.204. The summed E-state index contributed by atoms with van der Waals surface area (Å²) in [6, 6.07) is 10.3. The van der Waals surface area contributed by atoms with Crippen molar-refractivity contribution in [2.45, 2.75) is 0 Å². The van der Waals surface area contributed by atoms with Crippen LogP contribution in [0.4, 0.5) is 11.4 Å². The van der Waals surface area contributed by atoms with Crippen molar-refractivity contribution in [2.75, 3.05) is 18.5 Å². The lowest BCUT2D eigenvalue weighted by Gasteiger charge is -2.13. The van der Waals surface area contributed by atoms with Crippen molar-refractivity contribution in [2.24, 2.45) is 4.99 Å². The molecule has 1 fully saturated rings. The number of amides is 2. The third kappa shape index (κ3) is 2.95. The van der Waals surface area contributed by atoms with Crippen LogP contribution < -0.4 is 4.90 Å². The number of benzene rings is 1. The van der Waals surface area contributed by atoms with E-state index in [4.69, 9.17) is 5.11 Å². The highest BCUT2D eigenvalue weighted by Gasteiger charge is 2.41. The summed E-state index contributed by atoms with van der Waals surface area (Å²) < 4.78 is 0. The molecule has 1 aromatic heterocycles. The van der Waals surface area contributed by atoms with Gasteiger partial charge in [0.25, 0.3) is 11.8 Å². The summed E-state index contributed by atoms with van der Waals surface area (Å²) in [5.41, 5.74) is 1.81. The maximum absolute atomic E-state index is 13.0. The molecule has 1 saturated heterocycles. The third-order valence-corrected chi connectivity index (χ3v) is 5.42. The molecule has 2 aliphatic rings. The lowest BCUT2D eigenvalue weighted by atomic mass is 10.1. The van der Waals surface area contributed by atoms with Crippen LogP contribution >= 0.6 is 11.8 Å². The SMILES string of the molecule is CN1C(=O)/C(=C2/C(=O)N(CC(=O)O)c3ccccc32)SC1=Nc1cccnc1. The molecule has 2 aliphatic heterocycles. The Morgan fingerprint density at radius 2 is 1.96 bits per heavy atom. The van der Waals surface area contributed by atoms with Gasteiger partial charge in [0.1, 0.15) is 6.54 Å². The van der Waals surface area contributed by atoms with Crippen molar-refractivity contribution >= 4 is 51.7 Å². The van der Waals surface area contributed by atoms with Crippen LogP contribution in [0.2, 0.25) is 0 Å². The Morgan fingerprint density at radius 1 is 1.18 bits per heavy atom.